The third-order valence-corrected chi connectivity index (χ3v) is 8.21. The number of hydrogen-bond donors (Lipinski definition) is 2. The molecule has 0 bridgehead atoms. The summed E-state index contributed by atoms with van der Waals surface area (Å²) in [6.45, 7) is 3.68. The third kappa shape index (κ3) is 4.69. The van der Waals surface area contributed by atoms with E-state index in [1.807, 2.05) is 13.0 Å². The number of nitrogens with zero attached hydrogens (tertiary/aromatic N) is 2. The van der Waals surface area contributed by atoms with Crippen LogP contribution in [0.25, 0.3) is 0 Å². The highest BCUT2D eigenvalue weighted by molar-refractivity contribution is 7.89. The van der Waals surface area contributed by atoms with Gasteiger partial charge >= 0.3 is 0 Å². The number of sulfonamides is 1. The van der Waals surface area contributed by atoms with Gasteiger partial charge in [-0.05, 0) is 56.4 Å². The van der Waals surface area contributed by atoms with Crippen molar-refractivity contribution in [1.29, 1.82) is 0 Å². The number of halogens is 1. The van der Waals surface area contributed by atoms with Gasteiger partial charge in [-0.15, -0.1) is 0 Å². The number of benzene rings is 1. The molecule has 2 aliphatic heterocycles. The van der Waals surface area contributed by atoms with Crippen molar-refractivity contribution < 1.29 is 18.0 Å². The van der Waals surface area contributed by atoms with Crippen molar-refractivity contribution in [1.82, 2.24) is 14.2 Å². The number of aryl methyl sites for hydroxylation is 1. The van der Waals surface area contributed by atoms with Crippen LogP contribution in [-0.4, -0.2) is 60.6 Å². The molecule has 2 fully saturated rings. The summed E-state index contributed by atoms with van der Waals surface area (Å²) in [7, 11) is -3.82. The van der Waals surface area contributed by atoms with E-state index in [0.29, 0.717) is 43.2 Å². The Hall–Kier alpha value is -2.36. The van der Waals surface area contributed by atoms with Crippen LogP contribution in [0.1, 0.15) is 41.7 Å². The van der Waals surface area contributed by atoms with Gasteiger partial charge in [0, 0.05) is 43.1 Å². The van der Waals surface area contributed by atoms with Gasteiger partial charge in [0.25, 0.3) is 5.91 Å². The molecular weight excluding hydrogens is 452 g/mol. The number of piperidine rings is 1. The summed E-state index contributed by atoms with van der Waals surface area (Å²) in [5, 5.41) is 3.40. The standard InChI is InChI=1S/C22H27ClN4O4S/c1-15-6-7-17(23)11-19(15)25-21(28)16-5-4-10-27(14-16)32(30,31)18-12-20(24-13-18)22(29)26-8-2-3-9-26/h6-7,11-13,16,24H,2-5,8-10,14H2,1H3,(H,25,28)/t16-/m0/s1. The number of aromatic amines is 1. The first kappa shape index (κ1) is 22.8. The summed E-state index contributed by atoms with van der Waals surface area (Å²) in [4.78, 5) is 30.0. The van der Waals surface area contributed by atoms with E-state index in [0.717, 1.165) is 18.4 Å². The summed E-state index contributed by atoms with van der Waals surface area (Å²) in [6, 6.07) is 6.66. The fraction of sp³-hybridized carbons (Fsp3) is 0.455. The highest BCUT2D eigenvalue weighted by Gasteiger charge is 2.34. The number of H-pyrrole nitrogens is 1. The van der Waals surface area contributed by atoms with Crippen LogP contribution >= 0.6 is 11.6 Å². The monoisotopic (exact) mass is 478 g/mol. The quantitative estimate of drug-likeness (QED) is 0.688. The smallest absolute Gasteiger partial charge is 0.270 e. The average molecular weight is 479 g/mol. The second-order valence-corrected chi connectivity index (χ2v) is 10.8. The number of nitrogens with one attached hydrogen (secondary N) is 2. The minimum absolute atomic E-state index is 0.0480. The molecule has 0 spiro atoms. The van der Waals surface area contributed by atoms with Crippen molar-refractivity contribution in [2.75, 3.05) is 31.5 Å². The highest BCUT2D eigenvalue weighted by atomic mass is 35.5. The molecule has 3 heterocycles. The number of amides is 2. The molecule has 2 aliphatic rings. The lowest BCUT2D eigenvalue weighted by atomic mass is 9.98. The van der Waals surface area contributed by atoms with Gasteiger partial charge in [0.15, 0.2) is 0 Å². The van der Waals surface area contributed by atoms with E-state index in [2.05, 4.69) is 10.3 Å². The van der Waals surface area contributed by atoms with Crippen LogP contribution in [0, 0.1) is 12.8 Å². The van der Waals surface area contributed by atoms with Gasteiger partial charge in [0.1, 0.15) is 10.6 Å². The number of carbonyl (C=O) groups is 2. The SMILES string of the molecule is Cc1ccc(Cl)cc1NC(=O)[C@H]1CCCN(S(=O)(=O)c2c[nH]c(C(=O)N3CCCC3)c2)C1. The van der Waals surface area contributed by atoms with E-state index < -0.39 is 15.9 Å². The Morgan fingerprint density at radius 1 is 1.12 bits per heavy atom. The van der Waals surface area contributed by atoms with Crippen molar-refractivity contribution >= 4 is 39.1 Å². The van der Waals surface area contributed by atoms with Gasteiger partial charge in [-0.3, -0.25) is 9.59 Å². The topological polar surface area (TPSA) is 103 Å². The summed E-state index contributed by atoms with van der Waals surface area (Å²) in [5.41, 5.74) is 1.77. The van der Waals surface area contributed by atoms with Crippen LogP contribution < -0.4 is 5.32 Å². The van der Waals surface area contributed by atoms with E-state index in [9.17, 15) is 18.0 Å². The van der Waals surface area contributed by atoms with Crippen molar-refractivity contribution in [3.8, 4) is 0 Å². The molecule has 10 heteroatoms. The number of rotatable bonds is 5. The third-order valence-electron chi connectivity index (χ3n) is 6.13. The second-order valence-electron chi connectivity index (χ2n) is 8.40. The normalized spacial score (nSPS) is 19.8. The Morgan fingerprint density at radius 2 is 1.88 bits per heavy atom. The van der Waals surface area contributed by atoms with Crippen LogP contribution in [0.5, 0.6) is 0 Å². The highest BCUT2D eigenvalue weighted by Crippen LogP contribution is 2.27. The molecule has 2 N–H and O–H groups in total. The van der Waals surface area contributed by atoms with E-state index in [1.54, 1.807) is 17.0 Å². The molecule has 1 aromatic carbocycles. The first-order valence-corrected chi connectivity index (χ1v) is 12.6. The van der Waals surface area contributed by atoms with Gasteiger partial charge in [-0.2, -0.15) is 4.31 Å². The molecule has 4 rings (SSSR count). The van der Waals surface area contributed by atoms with Crippen LogP contribution in [-0.2, 0) is 14.8 Å². The Balaban J connectivity index is 1.46. The summed E-state index contributed by atoms with van der Waals surface area (Å²) >= 11 is 6.03. The lowest BCUT2D eigenvalue weighted by Gasteiger charge is -2.31. The van der Waals surface area contributed by atoms with Gasteiger partial charge < -0.3 is 15.2 Å². The van der Waals surface area contributed by atoms with Crippen LogP contribution in [0.15, 0.2) is 35.4 Å². The first-order valence-electron chi connectivity index (χ1n) is 10.8. The van der Waals surface area contributed by atoms with Crippen molar-refractivity contribution in [3.05, 3.63) is 46.7 Å². The number of carbonyl (C=O) groups excluding carboxylic acids is 2. The van der Waals surface area contributed by atoms with Gasteiger partial charge in [0.05, 0.1) is 5.92 Å². The molecular formula is C22H27ClN4O4S. The maximum absolute atomic E-state index is 13.2. The molecule has 1 atom stereocenters. The Morgan fingerprint density at radius 3 is 2.62 bits per heavy atom. The zero-order chi connectivity index (χ0) is 22.9. The molecule has 2 amide bonds. The van der Waals surface area contributed by atoms with Crippen molar-refractivity contribution in [3.63, 3.8) is 0 Å². The Labute approximate surface area is 193 Å². The predicted octanol–water partition coefficient (Wildman–Crippen LogP) is 3.25. The molecule has 172 valence electrons. The lowest BCUT2D eigenvalue weighted by Crippen LogP contribution is -2.43. The molecule has 2 aromatic rings. The minimum Gasteiger partial charge on any atom is -0.356 e. The largest absolute Gasteiger partial charge is 0.356 e. The zero-order valence-corrected chi connectivity index (χ0v) is 19.5. The summed E-state index contributed by atoms with van der Waals surface area (Å²) in [6.07, 6.45) is 4.46. The van der Waals surface area contributed by atoms with E-state index >= 15 is 0 Å². The lowest BCUT2D eigenvalue weighted by molar-refractivity contribution is -0.120. The maximum atomic E-state index is 13.2. The van der Waals surface area contributed by atoms with Gasteiger partial charge in [0.2, 0.25) is 15.9 Å². The molecule has 0 unspecified atom stereocenters. The van der Waals surface area contributed by atoms with E-state index in [4.69, 9.17) is 11.6 Å². The van der Waals surface area contributed by atoms with Crippen molar-refractivity contribution in [2.45, 2.75) is 37.5 Å². The molecule has 0 radical (unpaired) electrons. The van der Waals surface area contributed by atoms with Gasteiger partial charge in [-0.25, -0.2) is 8.42 Å². The van der Waals surface area contributed by atoms with Crippen molar-refractivity contribution in [2.24, 2.45) is 5.92 Å². The van der Waals surface area contributed by atoms with Gasteiger partial charge in [-0.1, -0.05) is 17.7 Å². The number of hydrogen-bond acceptors (Lipinski definition) is 4. The molecule has 32 heavy (non-hydrogen) atoms. The Bertz CT molecular complexity index is 1120. The van der Waals surface area contributed by atoms with E-state index in [1.165, 1.54) is 16.6 Å². The summed E-state index contributed by atoms with van der Waals surface area (Å²) in [5.74, 6) is -0.882. The second kappa shape index (κ2) is 9.25. The van der Waals surface area contributed by atoms with E-state index in [-0.39, 0.29) is 28.9 Å². The maximum Gasteiger partial charge on any atom is 0.270 e. The van der Waals surface area contributed by atoms with Crippen LogP contribution in [0.4, 0.5) is 5.69 Å². The van der Waals surface area contributed by atoms with Crippen LogP contribution in [0.3, 0.4) is 0 Å². The Kier molecular flexibility index (Phi) is 6.60. The average Bonchev–Trinajstić information content (AvgIpc) is 3.49. The molecule has 0 saturated carbocycles. The molecule has 1 aromatic heterocycles. The summed E-state index contributed by atoms with van der Waals surface area (Å²) < 4.78 is 27.7. The number of anilines is 1. The van der Waals surface area contributed by atoms with Crippen LogP contribution in [0.2, 0.25) is 5.02 Å². The molecule has 2 saturated heterocycles. The first-order chi connectivity index (χ1) is 15.3. The minimum atomic E-state index is -3.82. The predicted molar refractivity (Wildman–Crippen MR) is 122 cm³/mol. The number of aromatic nitrogens is 1. The zero-order valence-electron chi connectivity index (χ0n) is 17.9. The fourth-order valence-corrected chi connectivity index (χ4v) is 5.92. The molecule has 8 nitrogen and oxygen atoms in total. The number of likely N-dealkylation sites (tertiary alicyclic amines) is 1. The molecule has 0 aliphatic carbocycles. The fourth-order valence-electron chi connectivity index (χ4n) is 4.22.